The number of nitriles is 1. The van der Waals surface area contributed by atoms with Crippen LogP contribution in [0.2, 0.25) is 0 Å². The van der Waals surface area contributed by atoms with Gasteiger partial charge in [0.25, 0.3) is 0 Å². The van der Waals surface area contributed by atoms with Crippen LogP contribution in [0.3, 0.4) is 0 Å². The molecule has 0 N–H and O–H groups in total. The molecule has 0 saturated heterocycles. The van der Waals surface area contributed by atoms with Crippen molar-refractivity contribution in [3.05, 3.63) is 65.5 Å². The zero-order valence-corrected chi connectivity index (χ0v) is 12.3. The molecule has 2 rings (SSSR count). The van der Waals surface area contributed by atoms with Crippen molar-refractivity contribution in [2.45, 2.75) is 13.5 Å². The van der Waals surface area contributed by atoms with Gasteiger partial charge < -0.3 is 9.47 Å². The Morgan fingerprint density at radius 3 is 2.73 bits per heavy atom. The fourth-order valence-corrected chi connectivity index (χ4v) is 1.94. The number of nitrogens with zero attached hydrogens (tertiary/aromatic N) is 1. The van der Waals surface area contributed by atoms with Crippen LogP contribution in [-0.4, -0.2) is 6.61 Å². The highest BCUT2D eigenvalue weighted by molar-refractivity contribution is 5.57. The molecular formula is C18H16FNO2. The van der Waals surface area contributed by atoms with E-state index in [1.807, 2.05) is 19.1 Å². The molecule has 0 bridgehead atoms. The first-order valence-electron chi connectivity index (χ1n) is 6.93. The normalized spacial score (nSPS) is 10.4. The monoisotopic (exact) mass is 297 g/mol. The standard InChI is InChI=1S/C18H16FNO2/c1-2-21-18-12-14(6-4-10-20)8-9-17(18)22-13-15-5-3-7-16(19)11-15/h3-9,11-12H,2,13H2,1H3. The first-order chi connectivity index (χ1) is 10.7. The van der Waals surface area contributed by atoms with E-state index in [1.165, 1.54) is 18.2 Å². The van der Waals surface area contributed by atoms with E-state index in [4.69, 9.17) is 14.7 Å². The molecule has 0 aliphatic rings. The number of hydrogen-bond acceptors (Lipinski definition) is 3. The van der Waals surface area contributed by atoms with Gasteiger partial charge in [0, 0.05) is 6.08 Å². The van der Waals surface area contributed by atoms with Crippen LogP contribution in [0.15, 0.2) is 48.5 Å². The summed E-state index contributed by atoms with van der Waals surface area (Å²) >= 11 is 0. The summed E-state index contributed by atoms with van der Waals surface area (Å²) in [5.74, 6) is 0.891. The number of allylic oxidation sites excluding steroid dienone is 1. The van der Waals surface area contributed by atoms with Gasteiger partial charge in [0.2, 0.25) is 0 Å². The third kappa shape index (κ3) is 4.35. The first kappa shape index (κ1) is 15.6. The molecule has 0 fully saturated rings. The molecule has 2 aromatic carbocycles. The highest BCUT2D eigenvalue weighted by atomic mass is 19.1. The lowest BCUT2D eigenvalue weighted by Gasteiger charge is -2.12. The Balaban J connectivity index is 2.15. The minimum absolute atomic E-state index is 0.255. The Kier molecular flexibility index (Phi) is 5.56. The molecule has 3 nitrogen and oxygen atoms in total. The predicted molar refractivity (Wildman–Crippen MR) is 83.0 cm³/mol. The highest BCUT2D eigenvalue weighted by Crippen LogP contribution is 2.29. The largest absolute Gasteiger partial charge is 0.490 e. The minimum Gasteiger partial charge on any atom is -0.490 e. The van der Waals surface area contributed by atoms with Crippen LogP contribution in [0.1, 0.15) is 18.1 Å². The van der Waals surface area contributed by atoms with E-state index in [9.17, 15) is 4.39 Å². The molecule has 2 aromatic rings. The van der Waals surface area contributed by atoms with E-state index in [-0.39, 0.29) is 12.4 Å². The molecule has 22 heavy (non-hydrogen) atoms. The summed E-state index contributed by atoms with van der Waals surface area (Å²) in [6, 6.07) is 13.6. The quantitative estimate of drug-likeness (QED) is 0.745. The van der Waals surface area contributed by atoms with Gasteiger partial charge in [-0.1, -0.05) is 18.2 Å². The van der Waals surface area contributed by atoms with E-state index in [0.29, 0.717) is 18.1 Å². The van der Waals surface area contributed by atoms with Gasteiger partial charge in [-0.2, -0.15) is 5.26 Å². The lowest BCUT2D eigenvalue weighted by molar-refractivity contribution is 0.269. The first-order valence-corrected chi connectivity index (χ1v) is 6.93. The van der Waals surface area contributed by atoms with Gasteiger partial charge >= 0.3 is 0 Å². The van der Waals surface area contributed by atoms with Crippen LogP contribution in [0.4, 0.5) is 4.39 Å². The third-order valence-corrected chi connectivity index (χ3v) is 2.90. The van der Waals surface area contributed by atoms with Gasteiger partial charge in [-0.3, -0.25) is 0 Å². The van der Waals surface area contributed by atoms with Crippen LogP contribution in [-0.2, 0) is 6.61 Å². The number of halogens is 1. The Hall–Kier alpha value is -2.80. The van der Waals surface area contributed by atoms with Crippen molar-refractivity contribution in [2.75, 3.05) is 6.61 Å². The topological polar surface area (TPSA) is 42.2 Å². The second-order valence-electron chi connectivity index (χ2n) is 4.52. The Morgan fingerprint density at radius 2 is 2.00 bits per heavy atom. The molecule has 112 valence electrons. The number of ether oxygens (including phenoxy) is 2. The van der Waals surface area contributed by atoms with Gasteiger partial charge in [-0.25, -0.2) is 4.39 Å². The zero-order valence-electron chi connectivity index (χ0n) is 12.3. The maximum atomic E-state index is 13.2. The average molecular weight is 297 g/mol. The van der Waals surface area contributed by atoms with E-state index >= 15 is 0 Å². The Bertz CT molecular complexity index is 704. The van der Waals surface area contributed by atoms with Crippen LogP contribution in [0, 0.1) is 17.1 Å². The summed E-state index contributed by atoms with van der Waals surface area (Å²) in [6.07, 6.45) is 3.09. The molecule has 0 atom stereocenters. The molecule has 0 saturated carbocycles. The third-order valence-electron chi connectivity index (χ3n) is 2.90. The fraction of sp³-hybridized carbons (Fsp3) is 0.167. The number of hydrogen-bond donors (Lipinski definition) is 0. The molecule has 4 heteroatoms. The maximum absolute atomic E-state index is 13.2. The van der Waals surface area contributed by atoms with Crippen molar-refractivity contribution in [1.29, 1.82) is 5.26 Å². The molecule has 0 aromatic heterocycles. The second kappa shape index (κ2) is 7.84. The maximum Gasteiger partial charge on any atom is 0.161 e. The highest BCUT2D eigenvalue weighted by Gasteiger charge is 2.06. The summed E-state index contributed by atoms with van der Waals surface area (Å²) in [6.45, 7) is 2.64. The average Bonchev–Trinajstić information content (AvgIpc) is 2.52. The summed E-state index contributed by atoms with van der Waals surface area (Å²) < 4.78 is 24.4. The van der Waals surface area contributed by atoms with Crippen molar-refractivity contribution in [3.8, 4) is 17.6 Å². The Labute approximate surface area is 129 Å². The zero-order chi connectivity index (χ0) is 15.8. The molecule has 0 aliphatic heterocycles. The van der Waals surface area contributed by atoms with Gasteiger partial charge in [0.05, 0.1) is 12.7 Å². The molecule has 0 amide bonds. The van der Waals surface area contributed by atoms with E-state index in [0.717, 1.165) is 11.1 Å². The summed E-state index contributed by atoms with van der Waals surface area (Å²) in [5.41, 5.74) is 1.60. The lowest BCUT2D eigenvalue weighted by Crippen LogP contribution is -2.00. The van der Waals surface area contributed by atoms with Crippen molar-refractivity contribution >= 4 is 6.08 Å². The lowest BCUT2D eigenvalue weighted by atomic mass is 10.2. The summed E-state index contributed by atoms with van der Waals surface area (Å²) in [4.78, 5) is 0. The second-order valence-corrected chi connectivity index (χ2v) is 4.52. The van der Waals surface area contributed by atoms with Crippen LogP contribution >= 0.6 is 0 Å². The van der Waals surface area contributed by atoms with E-state index in [2.05, 4.69) is 0 Å². The van der Waals surface area contributed by atoms with Crippen molar-refractivity contribution in [1.82, 2.24) is 0 Å². The van der Waals surface area contributed by atoms with Gasteiger partial charge in [0.15, 0.2) is 11.5 Å². The predicted octanol–water partition coefficient (Wildman–Crippen LogP) is 4.34. The van der Waals surface area contributed by atoms with E-state index < -0.39 is 0 Å². The van der Waals surface area contributed by atoms with Gasteiger partial charge in [-0.15, -0.1) is 0 Å². The van der Waals surface area contributed by atoms with Crippen molar-refractivity contribution in [3.63, 3.8) is 0 Å². The Morgan fingerprint density at radius 1 is 1.14 bits per heavy atom. The van der Waals surface area contributed by atoms with Crippen molar-refractivity contribution in [2.24, 2.45) is 0 Å². The SMILES string of the molecule is CCOc1cc(C=CC#N)ccc1OCc1cccc(F)c1. The molecule has 0 spiro atoms. The van der Waals surface area contributed by atoms with E-state index in [1.54, 1.807) is 30.3 Å². The van der Waals surface area contributed by atoms with Crippen LogP contribution in [0.5, 0.6) is 11.5 Å². The molecular weight excluding hydrogens is 281 g/mol. The number of rotatable bonds is 6. The smallest absolute Gasteiger partial charge is 0.161 e. The summed E-state index contributed by atoms with van der Waals surface area (Å²) in [5, 5.41) is 8.56. The fourth-order valence-electron chi connectivity index (χ4n) is 1.94. The van der Waals surface area contributed by atoms with Crippen molar-refractivity contribution < 1.29 is 13.9 Å². The van der Waals surface area contributed by atoms with Gasteiger partial charge in [0.1, 0.15) is 12.4 Å². The summed E-state index contributed by atoms with van der Waals surface area (Å²) in [7, 11) is 0. The van der Waals surface area contributed by atoms with Gasteiger partial charge in [-0.05, 0) is 48.4 Å². The molecule has 0 heterocycles. The number of benzene rings is 2. The minimum atomic E-state index is -0.289. The van der Waals surface area contributed by atoms with Crippen LogP contribution < -0.4 is 9.47 Å². The van der Waals surface area contributed by atoms with Crippen LogP contribution in [0.25, 0.3) is 6.08 Å². The molecule has 0 aliphatic carbocycles. The molecule has 0 unspecified atom stereocenters. The molecule has 0 radical (unpaired) electrons.